The molecule has 100 valence electrons. The molecule has 0 bridgehead atoms. The summed E-state index contributed by atoms with van der Waals surface area (Å²) in [6.45, 7) is 5.62. The number of rotatable bonds is 2. The van der Waals surface area contributed by atoms with Crippen LogP contribution in [0.15, 0.2) is 18.2 Å². The van der Waals surface area contributed by atoms with Gasteiger partial charge in [0.05, 0.1) is 5.02 Å². The molecule has 1 aliphatic rings. The Morgan fingerprint density at radius 2 is 2.11 bits per heavy atom. The molecule has 0 radical (unpaired) electrons. The van der Waals surface area contributed by atoms with Crippen LogP contribution in [0, 0.1) is 5.92 Å². The molecule has 1 aliphatic heterocycles. The van der Waals surface area contributed by atoms with Crippen LogP contribution in [0.1, 0.15) is 20.3 Å². The first kappa shape index (κ1) is 13.5. The molecule has 2 rings (SSSR count). The molecular weight excluding hydrogens is 248 g/mol. The van der Waals surface area contributed by atoms with Crippen LogP contribution in [0.3, 0.4) is 0 Å². The van der Waals surface area contributed by atoms with Crippen molar-refractivity contribution >= 4 is 17.3 Å². The van der Waals surface area contributed by atoms with Gasteiger partial charge in [-0.1, -0.05) is 18.5 Å². The lowest BCUT2D eigenvalue weighted by Crippen LogP contribution is -2.48. The Labute approximate surface area is 114 Å². The number of piperidine rings is 1. The van der Waals surface area contributed by atoms with E-state index in [-0.39, 0.29) is 5.75 Å². The number of nitrogens with zero attached hydrogens (tertiary/aromatic N) is 1. The summed E-state index contributed by atoms with van der Waals surface area (Å²) in [5, 5.41) is 13.3. The second-order valence-corrected chi connectivity index (χ2v) is 5.83. The van der Waals surface area contributed by atoms with E-state index in [0.29, 0.717) is 23.0 Å². The monoisotopic (exact) mass is 268 g/mol. The first-order valence-corrected chi connectivity index (χ1v) is 6.80. The number of likely N-dealkylation sites (tertiary alicyclic amines) is 1. The van der Waals surface area contributed by atoms with Crippen LogP contribution in [0.4, 0.5) is 5.69 Å². The summed E-state index contributed by atoms with van der Waals surface area (Å²) in [5.74, 6) is 0.728. The van der Waals surface area contributed by atoms with Crippen molar-refractivity contribution in [3.63, 3.8) is 0 Å². The first-order valence-electron chi connectivity index (χ1n) is 6.42. The first-order chi connectivity index (χ1) is 8.47. The summed E-state index contributed by atoms with van der Waals surface area (Å²) >= 11 is 5.92. The van der Waals surface area contributed by atoms with E-state index in [4.69, 9.17) is 11.6 Å². The van der Waals surface area contributed by atoms with Gasteiger partial charge in [-0.25, -0.2) is 0 Å². The summed E-state index contributed by atoms with van der Waals surface area (Å²) < 4.78 is 0. The number of anilines is 1. The summed E-state index contributed by atoms with van der Waals surface area (Å²) in [4.78, 5) is 2.40. The van der Waals surface area contributed by atoms with Gasteiger partial charge in [-0.05, 0) is 44.5 Å². The third-order valence-electron chi connectivity index (χ3n) is 3.91. The largest absolute Gasteiger partial charge is 0.506 e. The Balaban J connectivity index is 2.06. The Morgan fingerprint density at radius 1 is 1.39 bits per heavy atom. The van der Waals surface area contributed by atoms with Crippen molar-refractivity contribution in [1.29, 1.82) is 0 Å². The predicted octanol–water partition coefficient (Wildman–Crippen LogP) is 3.19. The Kier molecular flexibility index (Phi) is 4.03. The van der Waals surface area contributed by atoms with Gasteiger partial charge in [-0.3, -0.25) is 0 Å². The van der Waals surface area contributed by atoms with Crippen molar-refractivity contribution in [3.05, 3.63) is 23.2 Å². The number of phenols is 1. The van der Waals surface area contributed by atoms with Crippen molar-refractivity contribution < 1.29 is 5.11 Å². The number of hydrogen-bond donors (Lipinski definition) is 2. The van der Waals surface area contributed by atoms with E-state index >= 15 is 0 Å². The summed E-state index contributed by atoms with van der Waals surface area (Å²) in [6.07, 6.45) is 1.12. The molecule has 3 nitrogen and oxygen atoms in total. The summed E-state index contributed by atoms with van der Waals surface area (Å²) in [6, 6.07) is 6.33. The number of phenolic OH excluding ortho intramolecular Hbond substituents is 1. The van der Waals surface area contributed by atoms with Gasteiger partial charge in [0, 0.05) is 24.3 Å². The zero-order valence-corrected chi connectivity index (χ0v) is 11.9. The average molecular weight is 269 g/mol. The van der Waals surface area contributed by atoms with Crippen LogP contribution >= 0.6 is 11.6 Å². The van der Waals surface area contributed by atoms with E-state index in [1.807, 2.05) is 6.07 Å². The molecule has 4 heteroatoms. The summed E-state index contributed by atoms with van der Waals surface area (Å²) in [5.41, 5.74) is 0.978. The third-order valence-corrected chi connectivity index (χ3v) is 4.21. The molecule has 3 unspecified atom stereocenters. The van der Waals surface area contributed by atoms with E-state index in [1.165, 1.54) is 0 Å². The lowest BCUT2D eigenvalue weighted by atomic mass is 9.89. The smallest absolute Gasteiger partial charge is 0.134 e. The molecule has 0 aliphatic carbocycles. The molecule has 1 fully saturated rings. The molecule has 1 heterocycles. The molecule has 1 saturated heterocycles. The van der Waals surface area contributed by atoms with Crippen LogP contribution in [0.5, 0.6) is 5.75 Å². The van der Waals surface area contributed by atoms with Crippen LogP contribution in [-0.2, 0) is 0 Å². The zero-order valence-electron chi connectivity index (χ0n) is 11.2. The number of aromatic hydroxyl groups is 1. The van der Waals surface area contributed by atoms with Gasteiger partial charge in [-0.15, -0.1) is 0 Å². The van der Waals surface area contributed by atoms with Gasteiger partial charge < -0.3 is 15.3 Å². The normalized spacial score (nSPS) is 29.2. The average Bonchev–Trinajstić information content (AvgIpc) is 2.31. The predicted molar refractivity (Wildman–Crippen MR) is 76.4 cm³/mol. The highest BCUT2D eigenvalue weighted by Gasteiger charge is 2.28. The Hall–Kier alpha value is -0.930. The maximum atomic E-state index is 9.41. The maximum absolute atomic E-state index is 9.41. The number of benzene rings is 1. The topological polar surface area (TPSA) is 35.5 Å². The van der Waals surface area contributed by atoms with E-state index in [9.17, 15) is 5.11 Å². The zero-order chi connectivity index (χ0) is 13.3. The molecule has 0 spiro atoms. The van der Waals surface area contributed by atoms with E-state index in [0.717, 1.165) is 18.7 Å². The second kappa shape index (κ2) is 5.37. The minimum atomic E-state index is 0.131. The van der Waals surface area contributed by atoms with Crippen LogP contribution in [-0.4, -0.2) is 35.7 Å². The highest BCUT2D eigenvalue weighted by atomic mass is 35.5. The fraction of sp³-hybridized carbons (Fsp3) is 0.571. The molecule has 0 saturated carbocycles. The lowest BCUT2D eigenvalue weighted by molar-refractivity contribution is 0.145. The highest BCUT2D eigenvalue weighted by Crippen LogP contribution is 2.29. The molecule has 1 aromatic carbocycles. The summed E-state index contributed by atoms with van der Waals surface area (Å²) in [7, 11) is 2.18. The maximum Gasteiger partial charge on any atom is 0.134 e. The second-order valence-electron chi connectivity index (χ2n) is 5.42. The van der Waals surface area contributed by atoms with E-state index < -0.39 is 0 Å². The van der Waals surface area contributed by atoms with Gasteiger partial charge in [0.25, 0.3) is 0 Å². The number of nitrogens with one attached hydrogen (secondary N) is 1. The molecule has 0 aromatic heterocycles. The standard InChI is InChI=1S/C14H21ClN2O/c1-9-8-17(3)10(2)6-13(9)16-11-4-5-14(18)12(15)7-11/h4-5,7,9-10,13,16,18H,6,8H2,1-3H3. The minimum absolute atomic E-state index is 0.131. The van der Waals surface area contributed by atoms with Gasteiger partial charge in [0.15, 0.2) is 0 Å². The van der Waals surface area contributed by atoms with Crippen LogP contribution < -0.4 is 5.32 Å². The van der Waals surface area contributed by atoms with Gasteiger partial charge >= 0.3 is 0 Å². The fourth-order valence-electron chi connectivity index (χ4n) is 2.55. The molecule has 2 N–H and O–H groups in total. The van der Waals surface area contributed by atoms with Gasteiger partial charge in [-0.2, -0.15) is 0 Å². The molecule has 0 amide bonds. The van der Waals surface area contributed by atoms with Crippen molar-refractivity contribution in [2.45, 2.75) is 32.4 Å². The number of hydrogen-bond acceptors (Lipinski definition) is 3. The quantitative estimate of drug-likeness (QED) is 0.809. The van der Waals surface area contributed by atoms with Gasteiger partial charge in [0.1, 0.15) is 5.75 Å². The van der Waals surface area contributed by atoms with Crippen molar-refractivity contribution in [2.75, 3.05) is 18.9 Å². The van der Waals surface area contributed by atoms with Crippen LogP contribution in [0.2, 0.25) is 5.02 Å². The SMILES string of the molecule is CC1CN(C)C(C)CC1Nc1ccc(O)c(Cl)c1. The Morgan fingerprint density at radius 3 is 2.78 bits per heavy atom. The van der Waals surface area contributed by atoms with E-state index in [2.05, 4.69) is 31.1 Å². The Bertz CT molecular complexity index is 424. The van der Waals surface area contributed by atoms with Crippen molar-refractivity contribution in [1.82, 2.24) is 4.90 Å². The molecule has 1 aromatic rings. The minimum Gasteiger partial charge on any atom is -0.506 e. The van der Waals surface area contributed by atoms with Crippen molar-refractivity contribution in [3.8, 4) is 5.75 Å². The molecule has 18 heavy (non-hydrogen) atoms. The van der Waals surface area contributed by atoms with Crippen molar-refractivity contribution in [2.24, 2.45) is 5.92 Å². The fourth-order valence-corrected chi connectivity index (χ4v) is 2.73. The third kappa shape index (κ3) is 2.90. The van der Waals surface area contributed by atoms with Gasteiger partial charge in [0.2, 0.25) is 0 Å². The molecule has 3 atom stereocenters. The molecular formula is C14H21ClN2O. The highest BCUT2D eigenvalue weighted by molar-refractivity contribution is 6.32. The lowest BCUT2D eigenvalue weighted by Gasteiger charge is -2.40. The number of halogens is 1. The van der Waals surface area contributed by atoms with E-state index in [1.54, 1.807) is 12.1 Å². The van der Waals surface area contributed by atoms with Crippen LogP contribution in [0.25, 0.3) is 0 Å².